The number of anilines is 1. The molecular formula is C31H43N3O4. The minimum Gasteiger partial charge on any atom is -0.444 e. The molecule has 2 aromatic carbocycles. The van der Waals surface area contributed by atoms with E-state index in [0.717, 1.165) is 34.4 Å². The molecule has 0 radical (unpaired) electrons. The number of para-hydroxylation sites is 1. The molecule has 7 nitrogen and oxygen atoms in total. The number of carbonyl (C=O) groups excluding carboxylic acids is 3. The summed E-state index contributed by atoms with van der Waals surface area (Å²) in [5, 5.41) is 5.91. The third kappa shape index (κ3) is 7.15. The zero-order valence-corrected chi connectivity index (χ0v) is 24.2. The molecule has 4 atom stereocenters. The monoisotopic (exact) mass is 521 g/mol. The molecule has 38 heavy (non-hydrogen) atoms. The highest BCUT2D eigenvalue weighted by Gasteiger charge is 2.48. The summed E-state index contributed by atoms with van der Waals surface area (Å²) in [7, 11) is 0. The standard InChI is InChI=1S/C31H43N3O4/c1-18(2)25(33-30(37)38-31(7,8)9)29(36)34(24-17-22(24)6)27(23-15-13-19(3)14-16-23)28(35)32-26-20(4)11-10-12-21(26)5/h10-16,18,22,24-25,27H,17H2,1-9H3,(H,32,35)(H,33,37). The maximum Gasteiger partial charge on any atom is 0.408 e. The number of aryl methyl sites for hydroxylation is 3. The molecule has 1 saturated carbocycles. The van der Waals surface area contributed by atoms with Crippen molar-refractivity contribution in [3.63, 3.8) is 0 Å². The van der Waals surface area contributed by atoms with Crippen LogP contribution in [0.2, 0.25) is 0 Å². The van der Waals surface area contributed by atoms with Crippen LogP contribution >= 0.6 is 0 Å². The summed E-state index contributed by atoms with van der Waals surface area (Å²) in [5.41, 5.74) is 3.74. The number of amides is 3. The summed E-state index contributed by atoms with van der Waals surface area (Å²) in [4.78, 5) is 42.7. The third-order valence-corrected chi connectivity index (χ3v) is 6.93. The first-order valence-electron chi connectivity index (χ1n) is 13.4. The second-order valence-electron chi connectivity index (χ2n) is 12.0. The first kappa shape index (κ1) is 29.2. The van der Waals surface area contributed by atoms with Crippen molar-refractivity contribution in [2.45, 2.75) is 92.5 Å². The fourth-order valence-corrected chi connectivity index (χ4v) is 4.67. The highest BCUT2D eigenvalue weighted by molar-refractivity contribution is 6.00. The van der Waals surface area contributed by atoms with Crippen LogP contribution in [0.25, 0.3) is 0 Å². The fraction of sp³-hybridized carbons (Fsp3) is 0.516. The van der Waals surface area contributed by atoms with Gasteiger partial charge in [-0.25, -0.2) is 4.79 Å². The Morgan fingerprint density at radius 1 is 0.974 bits per heavy atom. The largest absolute Gasteiger partial charge is 0.444 e. The maximum absolute atomic E-state index is 14.3. The summed E-state index contributed by atoms with van der Waals surface area (Å²) >= 11 is 0. The molecule has 2 aromatic rings. The van der Waals surface area contributed by atoms with Gasteiger partial charge in [0.25, 0.3) is 5.91 Å². The molecule has 1 aliphatic rings. The molecule has 1 aliphatic carbocycles. The number of nitrogens with one attached hydrogen (secondary N) is 2. The van der Waals surface area contributed by atoms with Crippen molar-refractivity contribution in [1.29, 1.82) is 0 Å². The van der Waals surface area contributed by atoms with E-state index in [0.29, 0.717) is 0 Å². The maximum atomic E-state index is 14.3. The van der Waals surface area contributed by atoms with Gasteiger partial charge in [0.1, 0.15) is 17.7 Å². The molecule has 7 heteroatoms. The van der Waals surface area contributed by atoms with Crippen LogP contribution < -0.4 is 10.6 Å². The van der Waals surface area contributed by atoms with E-state index in [2.05, 4.69) is 17.6 Å². The van der Waals surface area contributed by atoms with Crippen LogP contribution in [-0.4, -0.2) is 40.5 Å². The average molecular weight is 522 g/mol. The van der Waals surface area contributed by atoms with Gasteiger partial charge in [0.15, 0.2) is 0 Å². The van der Waals surface area contributed by atoms with Crippen LogP contribution in [0.4, 0.5) is 10.5 Å². The van der Waals surface area contributed by atoms with Crippen LogP contribution in [0.15, 0.2) is 42.5 Å². The first-order valence-corrected chi connectivity index (χ1v) is 13.4. The second kappa shape index (κ2) is 11.6. The summed E-state index contributed by atoms with van der Waals surface area (Å²) < 4.78 is 5.46. The van der Waals surface area contributed by atoms with Crippen molar-refractivity contribution in [2.24, 2.45) is 11.8 Å². The lowest BCUT2D eigenvalue weighted by atomic mass is 9.97. The van der Waals surface area contributed by atoms with Crippen molar-refractivity contribution in [3.8, 4) is 0 Å². The molecule has 0 heterocycles. The summed E-state index contributed by atoms with van der Waals surface area (Å²) in [6.07, 6.45) is 0.141. The minimum atomic E-state index is -0.862. The van der Waals surface area contributed by atoms with E-state index in [1.54, 1.807) is 25.7 Å². The Kier molecular flexibility index (Phi) is 8.90. The van der Waals surface area contributed by atoms with E-state index < -0.39 is 23.8 Å². The molecule has 0 aliphatic heterocycles. The Morgan fingerprint density at radius 3 is 2.00 bits per heavy atom. The molecule has 4 unspecified atom stereocenters. The third-order valence-electron chi connectivity index (χ3n) is 6.93. The normalized spacial score (nSPS) is 18.4. The molecule has 0 spiro atoms. The van der Waals surface area contributed by atoms with Gasteiger partial charge < -0.3 is 20.3 Å². The molecule has 0 saturated heterocycles. The Labute approximate surface area is 227 Å². The average Bonchev–Trinajstić information content (AvgIpc) is 3.53. The van der Waals surface area contributed by atoms with Gasteiger partial charge in [0.2, 0.25) is 5.91 Å². The molecular weight excluding hydrogens is 478 g/mol. The van der Waals surface area contributed by atoms with Gasteiger partial charge in [-0.2, -0.15) is 0 Å². The van der Waals surface area contributed by atoms with Crippen molar-refractivity contribution in [2.75, 3.05) is 5.32 Å². The fourth-order valence-electron chi connectivity index (χ4n) is 4.67. The molecule has 0 aromatic heterocycles. The molecule has 3 amide bonds. The number of alkyl carbamates (subject to hydrolysis) is 1. The van der Waals surface area contributed by atoms with Crippen LogP contribution in [0.1, 0.15) is 76.3 Å². The smallest absolute Gasteiger partial charge is 0.408 e. The minimum absolute atomic E-state index is 0.112. The number of benzene rings is 2. The van der Waals surface area contributed by atoms with E-state index in [4.69, 9.17) is 4.74 Å². The zero-order chi connectivity index (χ0) is 28.4. The van der Waals surface area contributed by atoms with Crippen molar-refractivity contribution >= 4 is 23.6 Å². The van der Waals surface area contributed by atoms with E-state index >= 15 is 0 Å². The lowest BCUT2D eigenvalue weighted by Crippen LogP contribution is -2.55. The molecule has 1 fully saturated rings. The van der Waals surface area contributed by atoms with Gasteiger partial charge in [-0.05, 0) is 76.5 Å². The quantitative estimate of drug-likeness (QED) is 0.441. The van der Waals surface area contributed by atoms with Gasteiger partial charge in [-0.15, -0.1) is 0 Å². The summed E-state index contributed by atoms with van der Waals surface area (Å²) in [6, 6.07) is 11.8. The Hall–Kier alpha value is -3.35. The van der Waals surface area contributed by atoms with Gasteiger partial charge in [0.05, 0.1) is 0 Å². The number of carbonyl (C=O) groups is 3. The van der Waals surface area contributed by atoms with E-state index in [1.165, 1.54) is 0 Å². The Morgan fingerprint density at radius 2 is 1.53 bits per heavy atom. The highest BCUT2D eigenvalue weighted by atomic mass is 16.6. The van der Waals surface area contributed by atoms with E-state index in [1.807, 2.05) is 77.1 Å². The van der Waals surface area contributed by atoms with Gasteiger partial charge in [0, 0.05) is 11.7 Å². The zero-order valence-electron chi connectivity index (χ0n) is 24.2. The summed E-state index contributed by atoms with van der Waals surface area (Å²) in [6.45, 7) is 17.1. The Bertz CT molecular complexity index is 1150. The number of rotatable bonds is 8. The first-order chi connectivity index (χ1) is 17.7. The van der Waals surface area contributed by atoms with E-state index in [-0.39, 0.29) is 29.7 Å². The molecule has 2 N–H and O–H groups in total. The number of hydrogen-bond donors (Lipinski definition) is 2. The highest BCUT2D eigenvalue weighted by Crippen LogP contribution is 2.41. The van der Waals surface area contributed by atoms with Crippen LogP contribution in [0, 0.1) is 32.6 Å². The van der Waals surface area contributed by atoms with Gasteiger partial charge in [-0.1, -0.05) is 68.8 Å². The predicted molar refractivity (Wildman–Crippen MR) is 151 cm³/mol. The van der Waals surface area contributed by atoms with Crippen molar-refractivity contribution < 1.29 is 19.1 Å². The number of hydrogen-bond acceptors (Lipinski definition) is 4. The predicted octanol–water partition coefficient (Wildman–Crippen LogP) is 6.08. The lowest BCUT2D eigenvalue weighted by molar-refractivity contribution is -0.142. The van der Waals surface area contributed by atoms with Gasteiger partial charge in [-0.3, -0.25) is 9.59 Å². The van der Waals surface area contributed by atoms with E-state index in [9.17, 15) is 14.4 Å². The van der Waals surface area contributed by atoms with Crippen LogP contribution in [0.3, 0.4) is 0 Å². The van der Waals surface area contributed by atoms with Crippen molar-refractivity contribution in [3.05, 3.63) is 64.7 Å². The second-order valence-corrected chi connectivity index (χ2v) is 12.0. The topological polar surface area (TPSA) is 87.7 Å². The van der Waals surface area contributed by atoms with Crippen LogP contribution in [-0.2, 0) is 14.3 Å². The summed E-state index contributed by atoms with van der Waals surface area (Å²) in [5.74, 6) is -0.540. The van der Waals surface area contributed by atoms with Crippen molar-refractivity contribution in [1.82, 2.24) is 10.2 Å². The molecule has 0 bridgehead atoms. The SMILES string of the molecule is Cc1ccc(C(C(=O)Nc2c(C)cccc2C)N(C(=O)C(NC(=O)OC(C)(C)C)C(C)C)C2CC2C)cc1. The lowest BCUT2D eigenvalue weighted by Gasteiger charge is -2.36. The van der Waals surface area contributed by atoms with Gasteiger partial charge >= 0.3 is 6.09 Å². The van der Waals surface area contributed by atoms with Crippen LogP contribution in [0.5, 0.6) is 0 Å². The number of ether oxygens (including phenoxy) is 1. The molecule has 3 rings (SSSR count). The molecule has 206 valence electrons. The Balaban J connectivity index is 2.04. The number of nitrogens with zero attached hydrogens (tertiary/aromatic N) is 1.